The maximum atomic E-state index is 4.79. The Kier molecular flexibility index (Phi) is 2.95. The molecular weight excluding hydrogens is 210 g/mol. The van der Waals surface area contributed by atoms with Gasteiger partial charge in [0.2, 0.25) is 0 Å². The summed E-state index contributed by atoms with van der Waals surface area (Å²) in [5.41, 5.74) is 4.32. The summed E-state index contributed by atoms with van der Waals surface area (Å²) in [4.78, 5) is 0. The van der Waals surface area contributed by atoms with Crippen molar-refractivity contribution in [1.29, 1.82) is 0 Å². The number of aryl methyl sites for hydroxylation is 1. The van der Waals surface area contributed by atoms with Gasteiger partial charge in [0.25, 0.3) is 0 Å². The normalized spacial score (nSPS) is 25.9. The minimum Gasteiger partial charge on any atom is -0.309 e. The third-order valence-electron chi connectivity index (χ3n) is 4.56. The van der Waals surface area contributed by atoms with Crippen LogP contribution in [0.25, 0.3) is 0 Å². The lowest BCUT2D eigenvalue weighted by Gasteiger charge is -2.15. The first-order valence-corrected chi connectivity index (χ1v) is 7.04. The van der Waals surface area contributed by atoms with Crippen molar-refractivity contribution in [2.75, 3.05) is 6.54 Å². The summed E-state index contributed by atoms with van der Waals surface area (Å²) < 4.78 is 2.09. The van der Waals surface area contributed by atoms with E-state index in [1.165, 1.54) is 49.9 Å². The third-order valence-corrected chi connectivity index (χ3v) is 4.56. The molecule has 0 aromatic carbocycles. The minimum absolute atomic E-state index is 0.519. The van der Waals surface area contributed by atoms with Crippen molar-refractivity contribution in [2.24, 2.45) is 7.05 Å². The topological polar surface area (TPSA) is 29.9 Å². The Morgan fingerprint density at radius 3 is 2.59 bits per heavy atom. The van der Waals surface area contributed by atoms with Gasteiger partial charge in [0, 0.05) is 18.3 Å². The summed E-state index contributed by atoms with van der Waals surface area (Å²) in [7, 11) is 2.09. The molecule has 1 unspecified atom stereocenters. The number of nitrogens with zero attached hydrogens (tertiary/aromatic N) is 2. The Bertz CT molecular complexity index is 396. The molecule has 1 N–H and O–H groups in total. The molecule has 1 aliphatic carbocycles. The molecule has 1 aromatic heterocycles. The Morgan fingerprint density at radius 1 is 1.18 bits per heavy atom. The molecule has 3 rings (SSSR count). The second kappa shape index (κ2) is 4.45. The number of aromatic nitrogens is 2. The first kappa shape index (κ1) is 11.3. The lowest BCUT2D eigenvalue weighted by molar-refractivity contribution is 0.592. The summed E-state index contributed by atoms with van der Waals surface area (Å²) in [6.07, 6.45) is 8.09. The van der Waals surface area contributed by atoms with E-state index in [-0.39, 0.29) is 0 Å². The quantitative estimate of drug-likeness (QED) is 0.851. The molecule has 0 spiro atoms. The molecule has 94 valence electrons. The average Bonchev–Trinajstić information content (AvgIpc) is 3.01. The Hall–Kier alpha value is -0.830. The zero-order chi connectivity index (χ0) is 11.8. The van der Waals surface area contributed by atoms with Gasteiger partial charge in [0.1, 0.15) is 0 Å². The highest BCUT2D eigenvalue weighted by Crippen LogP contribution is 2.40. The van der Waals surface area contributed by atoms with Crippen molar-refractivity contribution >= 4 is 0 Å². The predicted molar refractivity (Wildman–Crippen MR) is 69.1 cm³/mol. The van der Waals surface area contributed by atoms with E-state index in [0.29, 0.717) is 6.04 Å². The van der Waals surface area contributed by atoms with Crippen LogP contribution >= 0.6 is 0 Å². The Labute approximate surface area is 104 Å². The van der Waals surface area contributed by atoms with Gasteiger partial charge in [-0.2, -0.15) is 5.10 Å². The predicted octanol–water partition coefficient (Wildman–Crippen LogP) is 2.81. The van der Waals surface area contributed by atoms with E-state index in [4.69, 9.17) is 5.10 Å². The minimum atomic E-state index is 0.519. The zero-order valence-corrected chi connectivity index (χ0v) is 11.0. The van der Waals surface area contributed by atoms with E-state index in [0.717, 1.165) is 12.5 Å². The molecule has 1 aliphatic heterocycles. The van der Waals surface area contributed by atoms with Crippen LogP contribution in [0.1, 0.15) is 67.4 Å². The fourth-order valence-electron chi connectivity index (χ4n) is 3.54. The van der Waals surface area contributed by atoms with Gasteiger partial charge in [0.05, 0.1) is 11.7 Å². The van der Waals surface area contributed by atoms with Gasteiger partial charge in [-0.1, -0.05) is 12.8 Å². The van der Waals surface area contributed by atoms with Gasteiger partial charge in [-0.3, -0.25) is 4.68 Å². The first-order chi connectivity index (χ1) is 8.27. The molecule has 0 radical (unpaired) electrons. The van der Waals surface area contributed by atoms with Crippen LogP contribution in [0.4, 0.5) is 0 Å². The fourth-order valence-corrected chi connectivity index (χ4v) is 3.54. The summed E-state index contributed by atoms with van der Waals surface area (Å²) in [5, 5.41) is 8.39. The Balaban J connectivity index is 1.98. The smallest absolute Gasteiger partial charge is 0.0831 e. The van der Waals surface area contributed by atoms with Crippen LogP contribution in [0.3, 0.4) is 0 Å². The van der Waals surface area contributed by atoms with E-state index in [9.17, 15) is 0 Å². The highest BCUT2D eigenvalue weighted by Gasteiger charge is 2.29. The van der Waals surface area contributed by atoms with Crippen molar-refractivity contribution in [3.8, 4) is 0 Å². The first-order valence-electron chi connectivity index (χ1n) is 7.04. The van der Waals surface area contributed by atoms with Crippen LogP contribution in [-0.2, 0) is 7.05 Å². The van der Waals surface area contributed by atoms with Crippen molar-refractivity contribution in [1.82, 2.24) is 15.1 Å². The van der Waals surface area contributed by atoms with Gasteiger partial charge in [-0.05, 0) is 45.1 Å². The molecule has 1 saturated heterocycles. The molecule has 2 fully saturated rings. The maximum Gasteiger partial charge on any atom is 0.0831 e. The highest BCUT2D eigenvalue weighted by molar-refractivity contribution is 5.33. The van der Waals surface area contributed by atoms with Crippen molar-refractivity contribution < 1.29 is 0 Å². The lowest BCUT2D eigenvalue weighted by Crippen LogP contribution is -2.15. The Morgan fingerprint density at radius 2 is 1.94 bits per heavy atom. The van der Waals surface area contributed by atoms with E-state index < -0.39 is 0 Å². The molecular formula is C14H23N3. The third kappa shape index (κ3) is 1.90. The average molecular weight is 233 g/mol. The van der Waals surface area contributed by atoms with Gasteiger partial charge in [0.15, 0.2) is 0 Å². The lowest BCUT2D eigenvalue weighted by atomic mass is 9.92. The summed E-state index contributed by atoms with van der Waals surface area (Å²) >= 11 is 0. The van der Waals surface area contributed by atoms with E-state index in [1.54, 1.807) is 5.56 Å². The van der Waals surface area contributed by atoms with Crippen LogP contribution in [-0.4, -0.2) is 16.3 Å². The van der Waals surface area contributed by atoms with Crippen LogP contribution in [0.15, 0.2) is 0 Å². The fraction of sp³-hybridized carbons (Fsp3) is 0.786. The summed E-state index contributed by atoms with van der Waals surface area (Å²) in [5.74, 6) is 0.779. The van der Waals surface area contributed by atoms with Crippen molar-refractivity contribution in [3.63, 3.8) is 0 Å². The maximum absolute atomic E-state index is 4.79. The van der Waals surface area contributed by atoms with E-state index in [1.807, 2.05) is 0 Å². The monoisotopic (exact) mass is 233 g/mol. The van der Waals surface area contributed by atoms with Gasteiger partial charge >= 0.3 is 0 Å². The SMILES string of the molecule is Cc1c(C2CCCC2)c(C2CCCN2)nn1C. The molecule has 0 bridgehead atoms. The van der Waals surface area contributed by atoms with Crippen molar-refractivity contribution in [3.05, 3.63) is 17.0 Å². The molecule has 2 heterocycles. The van der Waals surface area contributed by atoms with Crippen molar-refractivity contribution in [2.45, 2.75) is 57.4 Å². The van der Waals surface area contributed by atoms with Crippen LogP contribution in [0.2, 0.25) is 0 Å². The largest absolute Gasteiger partial charge is 0.309 e. The summed E-state index contributed by atoms with van der Waals surface area (Å²) in [6.45, 7) is 3.39. The molecule has 3 heteroatoms. The van der Waals surface area contributed by atoms with Crippen LogP contribution < -0.4 is 5.32 Å². The molecule has 1 atom stereocenters. The molecule has 1 saturated carbocycles. The molecule has 17 heavy (non-hydrogen) atoms. The van der Waals surface area contributed by atoms with Gasteiger partial charge < -0.3 is 5.32 Å². The standard InChI is InChI=1S/C14H23N3/c1-10-13(11-6-3-4-7-11)14(16-17(10)2)12-8-5-9-15-12/h11-12,15H,3-9H2,1-2H3. The molecule has 3 nitrogen and oxygen atoms in total. The molecule has 0 amide bonds. The van der Waals surface area contributed by atoms with Crippen LogP contribution in [0.5, 0.6) is 0 Å². The van der Waals surface area contributed by atoms with Gasteiger partial charge in [-0.15, -0.1) is 0 Å². The highest BCUT2D eigenvalue weighted by atomic mass is 15.3. The molecule has 1 aromatic rings. The number of rotatable bonds is 2. The molecule has 2 aliphatic rings. The second-order valence-electron chi connectivity index (χ2n) is 5.64. The van der Waals surface area contributed by atoms with E-state index >= 15 is 0 Å². The number of hydrogen-bond donors (Lipinski definition) is 1. The second-order valence-corrected chi connectivity index (χ2v) is 5.64. The van der Waals surface area contributed by atoms with Gasteiger partial charge in [-0.25, -0.2) is 0 Å². The number of nitrogens with one attached hydrogen (secondary N) is 1. The zero-order valence-electron chi connectivity index (χ0n) is 11.0. The van der Waals surface area contributed by atoms with E-state index in [2.05, 4.69) is 24.0 Å². The van der Waals surface area contributed by atoms with Crippen LogP contribution in [0, 0.1) is 6.92 Å². The summed E-state index contributed by atoms with van der Waals surface area (Å²) in [6, 6.07) is 0.519. The number of hydrogen-bond acceptors (Lipinski definition) is 2.